The fourth-order valence-electron chi connectivity index (χ4n) is 1.47. The molecule has 15 heavy (non-hydrogen) atoms. The SMILES string of the molecule is COc1ccc[c]c1-c1ccccc1F. The van der Waals surface area contributed by atoms with Crippen LogP contribution in [0.15, 0.2) is 42.5 Å². The Morgan fingerprint density at radius 3 is 2.67 bits per heavy atom. The van der Waals surface area contributed by atoms with Crippen molar-refractivity contribution in [2.45, 2.75) is 0 Å². The molecule has 0 saturated carbocycles. The molecule has 0 spiro atoms. The minimum Gasteiger partial charge on any atom is -0.496 e. The van der Waals surface area contributed by atoms with Gasteiger partial charge in [0.15, 0.2) is 0 Å². The maximum atomic E-state index is 13.5. The molecule has 2 heteroatoms. The summed E-state index contributed by atoms with van der Waals surface area (Å²) >= 11 is 0. The lowest BCUT2D eigenvalue weighted by Gasteiger charge is -2.08. The minimum absolute atomic E-state index is 0.266. The molecule has 2 aromatic rings. The van der Waals surface area contributed by atoms with Gasteiger partial charge in [-0.25, -0.2) is 4.39 Å². The molecule has 0 atom stereocenters. The average molecular weight is 201 g/mol. The van der Waals surface area contributed by atoms with Gasteiger partial charge in [0, 0.05) is 11.1 Å². The summed E-state index contributed by atoms with van der Waals surface area (Å²) in [4.78, 5) is 0. The zero-order valence-corrected chi connectivity index (χ0v) is 8.33. The number of halogens is 1. The summed E-state index contributed by atoms with van der Waals surface area (Å²) in [5, 5.41) is 0. The molecular weight excluding hydrogens is 191 g/mol. The maximum absolute atomic E-state index is 13.5. The van der Waals surface area contributed by atoms with Crippen LogP contribution < -0.4 is 4.74 Å². The Bertz CT molecular complexity index is 466. The largest absolute Gasteiger partial charge is 0.496 e. The third-order valence-corrected chi connectivity index (χ3v) is 2.18. The quantitative estimate of drug-likeness (QED) is 0.724. The van der Waals surface area contributed by atoms with Gasteiger partial charge in [-0.15, -0.1) is 0 Å². The van der Waals surface area contributed by atoms with Gasteiger partial charge in [0.05, 0.1) is 7.11 Å². The fraction of sp³-hybridized carbons (Fsp3) is 0.0769. The highest BCUT2D eigenvalue weighted by molar-refractivity contribution is 5.70. The third kappa shape index (κ3) is 1.84. The van der Waals surface area contributed by atoms with Gasteiger partial charge < -0.3 is 4.74 Å². The number of hydrogen-bond acceptors (Lipinski definition) is 1. The molecule has 75 valence electrons. The normalized spacial score (nSPS) is 10.0. The standard InChI is InChI=1S/C13H10FO/c1-15-13-9-5-3-7-11(13)10-6-2-4-8-12(10)14/h2-6,8-9H,1H3. The van der Waals surface area contributed by atoms with Crippen molar-refractivity contribution < 1.29 is 9.13 Å². The highest BCUT2D eigenvalue weighted by atomic mass is 19.1. The van der Waals surface area contributed by atoms with Crippen molar-refractivity contribution in [2.75, 3.05) is 7.11 Å². The third-order valence-electron chi connectivity index (χ3n) is 2.18. The summed E-state index contributed by atoms with van der Waals surface area (Å²) in [6, 6.07) is 14.9. The average Bonchev–Trinajstić information content (AvgIpc) is 2.30. The molecule has 1 nitrogen and oxygen atoms in total. The second-order valence-electron chi connectivity index (χ2n) is 3.09. The lowest BCUT2D eigenvalue weighted by atomic mass is 10.0. The van der Waals surface area contributed by atoms with E-state index in [1.807, 2.05) is 6.07 Å². The Kier molecular flexibility index (Phi) is 2.68. The molecule has 0 heterocycles. The van der Waals surface area contributed by atoms with E-state index in [0.29, 0.717) is 16.9 Å². The molecule has 1 radical (unpaired) electrons. The monoisotopic (exact) mass is 201 g/mol. The predicted molar refractivity (Wildman–Crippen MR) is 57.2 cm³/mol. The number of benzene rings is 2. The Labute approximate surface area is 88.1 Å². The zero-order valence-electron chi connectivity index (χ0n) is 8.33. The van der Waals surface area contributed by atoms with Crippen molar-refractivity contribution in [1.82, 2.24) is 0 Å². The first-order valence-electron chi connectivity index (χ1n) is 4.62. The van der Waals surface area contributed by atoms with E-state index in [-0.39, 0.29) is 5.82 Å². The van der Waals surface area contributed by atoms with Crippen LogP contribution in [-0.2, 0) is 0 Å². The van der Waals surface area contributed by atoms with Gasteiger partial charge in [0.25, 0.3) is 0 Å². The molecular formula is C13H10FO. The smallest absolute Gasteiger partial charge is 0.131 e. The van der Waals surface area contributed by atoms with Crippen LogP contribution in [0.1, 0.15) is 0 Å². The van der Waals surface area contributed by atoms with Gasteiger partial charge in [-0.2, -0.15) is 0 Å². The number of rotatable bonds is 2. The summed E-state index contributed by atoms with van der Waals surface area (Å²) in [5.74, 6) is 0.362. The van der Waals surface area contributed by atoms with E-state index in [1.165, 1.54) is 6.07 Å². The molecule has 0 aliphatic carbocycles. The summed E-state index contributed by atoms with van der Waals surface area (Å²) in [6.45, 7) is 0. The molecule has 0 bridgehead atoms. The first kappa shape index (κ1) is 9.71. The lowest BCUT2D eigenvalue weighted by Crippen LogP contribution is -1.89. The van der Waals surface area contributed by atoms with Crippen molar-refractivity contribution in [1.29, 1.82) is 0 Å². The van der Waals surface area contributed by atoms with Crippen LogP contribution in [0.3, 0.4) is 0 Å². The van der Waals surface area contributed by atoms with Gasteiger partial charge in [0.2, 0.25) is 0 Å². The highest BCUT2D eigenvalue weighted by Crippen LogP contribution is 2.30. The minimum atomic E-state index is -0.266. The molecule has 2 rings (SSSR count). The van der Waals surface area contributed by atoms with Crippen LogP contribution in [-0.4, -0.2) is 7.11 Å². The molecule has 0 saturated heterocycles. The van der Waals surface area contributed by atoms with E-state index in [1.54, 1.807) is 37.4 Å². The Morgan fingerprint density at radius 2 is 1.93 bits per heavy atom. The molecule has 0 amide bonds. The van der Waals surface area contributed by atoms with Crippen molar-refractivity contribution in [3.63, 3.8) is 0 Å². The van der Waals surface area contributed by atoms with Gasteiger partial charge in [-0.1, -0.05) is 30.3 Å². The van der Waals surface area contributed by atoms with Crippen LogP contribution in [0.2, 0.25) is 0 Å². The summed E-state index contributed by atoms with van der Waals surface area (Å²) in [5.41, 5.74) is 1.16. The fourth-order valence-corrected chi connectivity index (χ4v) is 1.47. The van der Waals surface area contributed by atoms with Crippen molar-refractivity contribution >= 4 is 0 Å². The second-order valence-corrected chi connectivity index (χ2v) is 3.09. The van der Waals surface area contributed by atoms with E-state index >= 15 is 0 Å². The molecule has 0 unspecified atom stereocenters. The van der Waals surface area contributed by atoms with E-state index in [9.17, 15) is 4.39 Å². The van der Waals surface area contributed by atoms with E-state index in [0.717, 1.165) is 0 Å². The van der Waals surface area contributed by atoms with Crippen LogP contribution >= 0.6 is 0 Å². The Balaban J connectivity index is 2.59. The first-order valence-corrected chi connectivity index (χ1v) is 4.62. The maximum Gasteiger partial charge on any atom is 0.131 e. The van der Waals surface area contributed by atoms with Crippen molar-refractivity contribution in [3.8, 4) is 16.9 Å². The van der Waals surface area contributed by atoms with Gasteiger partial charge in [-0.3, -0.25) is 0 Å². The second kappa shape index (κ2) is 4.13. The molecule has 0 N–H and O–H groups in total. The number of hydrogen-bond donors (Lipinski definition) is 0. The molecule has 0 aliphatic heterocycles. The summed E-state index contributed by atoms with van der Waals surface area (Å²) in [6.07, 6.45) is 0. The zero-order chi connectivity index (χ0) is 10.7. The van der Waals surface area contributed by atoms with Crippen LogP contribution in [0, 0.1) is 11.9 Å². The van der Waals surface area contributed by atoms with Crippen molar-refractivity contribution in [2.24, 2.45) is 0 Å². The van der Waals surface area contributed by atoms with Crippen LogP contribution in [0.4, 0.5) is 4.39 Å². The van der Waals surface area contributed by atoms with Gasteiger partial charge in [-0.05, 0) is 18.2 Å². The van der Waals surface area contributed by atoms with E-state index < -0.39 is 0 Å². The summed E-state index contributed by atoms with van der Waals surface area (Å²) < 4.78 is 18.7. The molecule has 0 fully saturated rings. The topological polar surface area (TPSA) is 9.23 Å². The number of methoxy groups -OCH3 is 1. The lowest BCUT2D eigenvalue weighted by molar-refractivity contribution is 0.416. The van der Waals surface area contributed by atoms with Crippen LogP contribution in [0.25, 0.3) is 11.1 Å². The Hall–Kier alpha value is -1.83. The van der Waals surface area contributed by atoms with Crippen LogP contribution in [0.5, 0.6) is 5.75 Å². The molecule has 0 aliphatic rings. The Morgan fingerprint density at radius 1 is 1.13 bits per heavy atom. The highest BCUT2D eigenvalue weighted by Gasteiger charge is 2.08. The summed E-state index contributed by atoms with van der Waals surface area (Å²) in [7, 11) is 1.56. The molecule has 0 aromatic heterocycles. The van der Waals surface area contributed by atoms with E-state index in [4.69, 9.17) is 4.74 Å². The van der Waals surface area contributed by atoms with Gasteiger partial charge in [0.1, 0.15) is 11.6 Å². The van der Waals surface area contributed by atoms with E-state index in [2.05, 4.69) is 6.07 Å². The first-order chi connectivity index (χ1) is 7.33. The molecule has 2 aromatic carbocycles. The van der Waals surface area contributed by atoms with Gasteiger partial charge >= 0.3 is 0 Å². The number of ether oxygens (including phenoxy) is 1. The van der Waals surface area contributed by atoms with Crippen molar-refractivity contribution in [3.05, 3.63) is 54.3 Å². The predicted octanol–water partition coefficient (Wildman–Crippen LogP) is 3.30.